The maximum absolute atomic E-state index is 2.52. The molecule has 2 saturated carbocycles. The molecule has 0 bridgehead atoms. The van der Waals surface area contributed by atoms with Crippen molar-refractivity contribution in [3.63, 3.8) is 0 Å². The fourth-order valence-corrected chi connectivity index (χ4v) is 3.92. The van der Waals surface area contributed by atoms with Crippen LogP contribution in [0.2, 0.25) is 0 Å². The summed E-state index contributed by atoms with van der Waals surface area (Å²) in [7, 11) is 4.48. The first-order chi connectivity index (χ1) is 7.63. The first kappa shape index (κ1) is 10.6. The van der Waals surface area contributed by atoms with Crippen LogP contribution in [0.4, 0.5) is 0 Å². The van der Waals surface area contributed by atoms with Gasteiger partial charge in [-0.3, -0.25) is 0 Å². The molecule has 3 aliphatic carbocycles. The van der Waals surface area contributed by atoms with Crippen LogP contribution in [0.1, 0.15) is 32.6 Å². The summed E-state index contributed by atoms with van der Waals surface area (Å²) < 4.78 is 0. The highest BCUT2D eigenvalue weighted by molar-refractivity contribution is 5.39. The summed E-state index contributed by atoms with van der Waals surface area (Å²) in [5.41, 5.74) is 2.27. The quantitative estimate of drug-likeness (QED) is 0.686. The summed E-state index contributed by atoms with van der Waals surface area (Å²) >= 11 is 0. The van der Waals surface area contributed by atoms with Gasteiger partial charge in [0.25, 0.3) is 0 Å². The third kappa shape index (κ3) is 1.41. The maximum Gasteiger partial charge on any atom is 0.0127 e. The molecule has 0 saturated heterocycles. The summed E-state index contributed by atoms with van der Waals surface area (Å²) in [5, 5.41) is 0. The van der Waals surface area contributed by atoms with Gasteiger partial charge in [0, 0.05) is 6.04 Å². The summed E-state index contributed by atoms with van der Waals surface area (Å²) in [4.78, 5) is 2.44. The molecule has 0 N–H and O–H groups in total. The van der Waals surface area contributed by atoms with Crippen molar-refractivity contribution in [3.8, 4) is 0 Å². The molecule has 0 aromatic heterocycles. The SMILES string of the molecule is CC1C=CC(C23CCC(N(C)C)C2C3)=CC1. The van der Waals surface area contributed by atoms with Crippen molar-refractivity contribution in [2.75, 3.05) is 14.1 Å². The van der Waals surface area contributed by atoms with Crippen molar-refractivity contribution in [2.24, 2.45) is 17.3 Å². The number of hydrogen-bond donors (Lipinski definition) is 0. The second-order valence-corrected chi connectivity index (χ2v) is 6.27. The first-order valence-electron chi connectivity index (χ1n) is 6.69. The van der Waals surface area contributed by atoms with Crippen LogP contribution in [0, 0.1) is 17.3 Å². The molecule has 0 spiro atoms. The van der Waals surface area contributed by atoms with Crippen LogP contribution in [0.5, 0.6) is 0 Å². The predicted molar refractivity (Wildman–Crippen MR) is 68.3 cm³/mol. The van der Waals surface area contributed by atoms with Gasteiger partial charge < -0.3 is 4.90 Å². The lowest BCUT2D eigenvalue weighted by Crippen LogP contribution is -2.27. The molecule has 2 fully saturated rings. The number of hydrogen-bond acceptors (Lipinski definition) is 1. The van der Waals surface area contributed by atoms with E-state index in [1.807, 2.05) is 0 Å². The molecule has 0 aliphatic heterocycles. The van der Waals surface area contributed by atoms with Crippen molar-refractivity contribution in [3.05, 3.63) is 23.8 Å². The van der Waals surface area contributed by atoms with Gasteiger partial charge in [0.1, 0.15) is 0 Å². The zero-order valence-corrected chi connectivity index (χ0v) is 10.7. The minimum atomic E-state index is 0.603. The van der Waals surface area contributed by atoms with E-state index in [-0.39, 0.29) is 0 Å². The zero-order valence-electron chi connectivity index (χ0n) is 10.7. The largest absolute Gasteiger partial charge is 0.306 e. The lowest BCUT2D eigenvalue weighted by Gasteiger charge is -2.20. The standard InChI is InChI=1S/C15H23N/c1-11-4-6-12(7-5-11)15-9-8-14(16(2)3)13(15)10-15/h4,6-7,11,13-14H,5,8-10H2,1-3H3. The zero-order chi connectivity index (χ0) is 11.3. The summed E-state index contributed by atoms with van der Waals surface area (Å²) in [6, 6.07) is 0.841. The summed E-state index contributed by atoms with van der Waals surface area (Å²) in [6.07, 6.45) is 12.9. The number of allylic oxidation sites excluding steroid dienone is 4. The minimum Gasteiger partial charge on any atom is -0.306 e. The molecule has 3 rings (SSSR count). The molecular weight excluding hydrogens is 194 g/mol. The summed E-state index contributed by atoms with van der Waals surface area (Å²) in [6.45, 7) is 2.31. The maximum atomic E-state index is 2.52. The second kappa shape index (κ2) is 3.46. The molecule has 16 heavy (non-hydrogen) atoms. The number of fused-ring (bicyclic) bond motifs is 1. The molecular formula is C15H23N. The monoisotopic (exact) mass is 217 g/mol. The van der Waals surface area contributed by atoms with Gasteiger partial charge in [0.05, 0.1) is 0 Å². The van der Waals surface area contributed by atoms with E-state index >= 15 is 0 Å². The van der Waals surface area contributed by atoms with Crippen LogP contribution < -0.4 is 0 Å². The first-order valence-corrected chi connectivity index (χ1v) is 6.69. The summed E-state index contributed by atoms with van der Waals surface area (Å²) in [5.74, 6) is 1.70. The number of rotatable bonds is 2. The Morgan fingerprint density at radius 2 is 2.19 bits per heavy atom. The van der Waals surface area contributed by atoms with E-state index in [0.717, 1.165) is 17.9 Å². The van der Waals surface area contributed by atoms with E-state index < -0.39 is 0 Å². The van der Waals surface area contributed by atoms with Gasteiger partial charge in [-0.05, 0) is 62.6 Å². The van der Waals surface area contributed by atoms with E-state index in [1.54, 1.807) is 5.57 Å². The third-order valence-corrected chi connectivity index (χ3v) is 5.04. The van der Waals surface area contributed by atoms with Crippen LogP contribution in [-0.2, 0) is 0 Å². The molecule has 1 nitrogen and oxygen atoms in total. The average molecular weight is 217 g/mol. The highest BCUT2D eigenvalue weighted by Crippen LogP contribution is 2.68. The van der Waals surface area contributed by atoms with E-state index in [0.29, 0.717) is 5.41 Å². The fourth-order valence-electron chi connectivity index (χ4n) is 3.92. The Hall–Kier alpha value is -0.560. The van der Waals surface area contributed by atoms with Crippen LogP contribution >= 0.6 is 0 Å². The van der Waals surface area contributed by atoms with Crippen molar-refractivity contribution in [1.29, 1.82) is 0 Å². The molecule has 0 radical (unpaired) electrons. The molecule has 88 valence electrons. The highest BCUT2D eigenvalue weighted by atomic mass is 15.1. The van der Waals surface area contributed by atoms with Gasteiger partial charge in [-0.15, -0.1) is 0 Å². The van der Waals surface area contributed by atoms with Gasteiger partial charge in [-0.25, -0.2) is 0 Å². The third-order valence-electron chi connectivity index (χ3n) is 5.04. The smallest absolute Gasteiger partial charge is 0.0127 e. The van der Waals surface area contributed by atoms with Gasteiger partial charge >= 0.3 is 0 Å². The second-order valence-electron chi connectivity index (χ2n) is 6.27. The fraction of sp³-hybridized carbons (Fsp3) is 0.733. The van der Waals surface area contributed by atoms with Gasteiger partial charge in [-0.2, -0.15) is 0 Å². The molecule has 0 aromatic rings. The Balaban J connectivity index is 1.77. The average Bonchev–Trinajstić information content (AvgIpc) is 2.86. The molecule has 4 unspecified atom stereocenters. The molecule has 3 aliphatic rings. The van der Waals surface area contributed by atoms with Crippen LogP contribution in [0.15, 0.2) is 23.8 Å². The number of nitrogens with zero attached hydrogens (tertiary/aromatic N) is 1. The Kier molecular flexibility index (Phi) is 2.29. The Morgan fingerprint density at radius 3 is 2.69 bits per heavy atom. The molecule has 4 atom stereocenters. The lowest BCUT2D eigenvalue weighted by atomic mass is 9.86. The predicted octanol–water partition coefficient (Wildman–Crippen LogP) is 3.24. The van der Waals surface area contributed by atoms with Gasteiger partial charge in [-0.1, -0.05) is 25.2 Å². The van der Waals surface area contributed by atoms with E-state index in [4.69, 9.17) is 0 Å². The van der Waals surface area contributed by atoms with E-state index in [2.05, 4.69) is 44.1 Å². The minimum absolute atomic E-state index is 0.603. The van der Waals surface area contributed by atoms with Gasteiger partial charge in [0.2, 0.25) is 0 Å². The topological polar surface area (TPSA) is 3.24 Å². The van der Waals surface area contributed by atoms with Crippen molar-refractivity contribution < 1.29 is 0 Å². The molecule has 0 aromatic carbocycles. The Bertz CT molecular complexity index is 352. The van der Waals surface area contributed by atoms with E-state index in [1.165, 1.54) is 25.7 Å². The van der Waals surface area contributed by atoms with Crippen molar-refractivity contribution in [2.45, 2.75) is 38.6 Å². The molecule has 1 heteroatoms. The van der Waals surface area contributed by atoms with Gasteiger partial charge in [0.15, 0.2) is 0 Å². The van der Waals surface area contributed by atoms with Crippen molar-refractivity contribution in [1.82, 2.24) is 4.90 Å². The normalized spacial score (nSPS) is 45.8. The molecule has 0 heterocycles. The Labute approximate surface area is 99.2 Å². The molecule has 0 amide bonds. The Morgan fingerprint density at radius 1 is 1.38 bits per heavy atom. The highest BCUT2D eigenvalue weighted by Gasteiger charge is 2.63. The van der Waals surface area contributed by atoms with E-state index in [9.17, 15) is 0 Å². The van der Waals surface area contributed by atoms with Crippen LogP contribution in [0.25, 0.3) is 0 Å². The lowest BCUT2D eigenvalue weighted by molar-refractivity contribution is 0.271. The van der Waals surface area contributed by atoms with Crippen LogP contribution in [0.3, 0.4) is 0 Å². The van der Waals surface area contributed by atoms with Crippen molar-refractivity contribution >= 4 is 0 Å². The van der Waals surface area contributed by atoms with Crippen LogP contribution in [-0.4, -0.2) is 25.0 Å².